The summed E-state index contributed by atoms with van der Waals surface area (Å²) in [6.07, 6.45) is 1.59. The Morgan fingerprint density at radius 1 is 1.35 bits per heavy atom. The van der Waals surface area contributed by atoms with Gasteiger partial charge in [-0.05, 0) is 25.0 Å². The quantitative estimate of drug-likeness (QED) is 0.804. The molecule has 0 atom stereocenters. The average molecular weight is 283 g/mol. The fourth-order valence-electron chi connectivity index (χ4n) is 1.74. The molecule has 1 aromatic rings. The zero-order valence-electron chi connectivity index (χ0n) is 11.5. The van der Waals surface area contributed by atoms with Crippen LogP contribution >= 0.6 is 0 Å². The molecule has 2 N–H and O–H groups in total. The van der Waals surface area contributed by atoms with Gasteiger partial charge < -0.3 is 15.2 Å². The fraction of sp³-hybridized carbons (Fsp3) is 0.429. The van der Waals surface area contributed by atoms with Gasteiger partial charge in [-0.2, -0.15) is 0 Å². The van der Waals surface area contributed by atoms with Crippen molar-refractivity contribution in [2.24, 2.45) is 0 Å². The van der Waals surface area contributed by atoms with Crippen molar-refractivity contribution in [3.63, 3.8) is 0 Å². The van der Waals surface area contributed by atoms with Gasteiger partial charge in [-0.15, -0.1) is 0 Å². The number of rotatable bonds is 7. The first-order chi connectivity index (χ1) is 9.49. The maximum atomic E-state index is 13.4. The summed E-state index contributed by atoms with van der Waals surface area (Å²) in [4.78, 5) is 22.6. The Balaban J connectivity index is 2.69. The van der Waals surface area contributed by atoms with Crippen molar-refractivity contribution in [3.05, 3.63) is 29.6 Å². The Kier molecular flexibility index (Phi) is 5.96. The number of aromatic carboxylic acids is 1. The summed E-state index contributed by atoms with van der Waals surface area (Å²) in [5.74, 6) is -2.84. The first-order valence-corrected chi connectivity index (χ1v) is 6.43. The molecule has 0 heterocycles. The molecule has 0 aliphatic rings. The normalized spacial score (nSPS) is 10.4. The molecule has 0 spiro atoms. The van der Waals surface area contributed by atoms with Crippen LogP contribution in [-0.4, -0.2) is 29.6 Å². The Bertz CT molecular complexity index is 486. The highest BCUT2D eigenvalue weighted by Gasteiger charge is 2.18. The van der Waals surface area contributed by atoms with Crippen molar-refractivity contribution in [2.45, 2.75) is 32.7 Å². The van der Waals surface area contributed by atoms with Crippen LogP contribution in [-0.2, 0) is 4.79 Å². The van der Waals surface area contributed by atoms with Crippen molar-refractivity contribution in [1.82, 2.24) is 5.32 Å². The van der Waals surface area contributed by atoms with Gasteiger partial charge in [0.25, 0.3) is 5.91 Å². The topological polar surface area (TPSA) is 75.6 Å². The molecule has 0 bridgehead atoms. The van der Waals surface area contributed by atoms with Gasteiger partial charge in [-0.3, -0.25) is 4.79 Å². The van der Waals surface area contributed by atoms with E-state index in [-0.39, 0.29) is 24.3 Å². The van der Waals surface area contributed by atoms with E-state index >= 15 is 0 Å². The van der Waals surface area contributed by atoms with Crippen LogP contribution in [0.2, 0.25) is 0 Å². The third-order valence-electron chi connectivity index (χ3n) is 2.90. The van der Waals surface area contributed by atoms with E-state index in [1.54, 1.807) is 0 Å². The zero-order chi connectivity index (χ0) is 15.1. The van der Waals surface area contributed by atoms with E-state index in [0.717, 1.165) is 18.9 Å². The van der Waals surface area contributed by atoms with Crippen LogP contribution in [0.5, 0.6) is 5.75 Å². The Morgan fingerprint density at radius 2 is 2.00 bits per heavy atom. The van der Waals surface area contributed by atoms with Crippen molar-refractivity contribution in [1.29, 1.82) is 0 Å². The van der Waals surface area contributed by atoms with Crippen LogP contribution in [0.15, 0.2) is 18.2 Å². The first kappa shape index (κ1) is 15.9. The zero-order valence-corrected chi connectivity index (χ0v) is 11.5. The number of carbonyl (C=O) groups excluding carboxylic acids is 1. The third kappa shape index (κ3) is 4.22. The molecule has 0 aliphatic heterocycles. The molecule has 0 radical (unpaired) electrons. The van der Waals surface area contributed by atoms with Gasteiger partial charge in [0.05, 0.1) is 0 Å². The lowest BCUT2D eigenvalue weighted by molar-refractivity contribution is -0.123. The van der Waals surface area contributed by atoms with E-state index in [1.807, 2.05) is 13.8 Å². The molecule has 0 aliphatic carbocycles. The second kappa shape index (κ2) is 7.47. The lowest BCUT2D eigenvalue weighted by Gasteiger charge is -2.15. The number of nitrogens with one attached hydrogen (secondary N) is 1. The summed E-state index contributed by atoms with van der Waals surface area (Å²) in [7, 11) is 0. The number of amides is 1. The first-order valence-electron chi connectivity index (χ1n) is 6.43. The minimum atomic E-state index is -1.43. The average Bonchev–Trinajstić information content (AvgIpc) is 2.42. The van der Waals surface area contributed by atoms with Crippen molar-refractivity contribution in [2.75, 3.05) is 6.61 Å². The van der Waals surface area contributed by atoms with Crippen molar-refractivity contribution < 1.29 is 23.8 Å². The summed E-state index contributed by atoms with van der Waals surface area (Å²) >= 11 is 0. The van der Waals surface area contributed by atoms with Crippen LogP contribution in [0.1, 0.15) is 37.0 Å². The number of ether oxygens (including phenoxy) is 1. The number of carboxylic acid groups (broad SMARTS) is 1. The van der Waals surface area contributed by atoms with Crippen molar-refractivity contribution >= 4 is 11.9 Å². The van der Waals surface area contributed by atoms with Gasteiger partial charge >= 0.3 is 5.97 Å². The summed E-state index contributed by atoms with van der Waals surface area (Å²) in [6, 6.07) is 3.73. The SMILES string of the molecule is CCC(CC)NC(=O)COc1cccc(F)c1C(=O)O. The molecular weight excluding hydrogens is 265 g/mol. The molecule has 5 nitrogen and oxygen atoms in total. The predicted octanol–water partition coefficient (Wildman–Crippen LogP) is 2.21. The van der Waals surface area contributed by atoms with E-state index in [0.29, 0.717) is 0 Å². The van der Waals surface area contributed by atoms with Gasteiger partial charge in [0.2, 0.25) is 0 Å². The summed E-state index contributed by atoms with van der Waals surface area (Å²) in [5, 5.41) is 11.7. The molecular formula is C14H18FNO4. The highest BCUT2D eigenvalue weighted by Crippen LogP contribution is 2.21. The van der Waals surface area contributed by atoms with Crippen LogP contribution in [0, 0.1) is 5.82 Å². The number of hydrogen-bond donors (Lipinski definition) is 2. The lowest BCUT2D eigenvalue weighted by Crippen LogP contribution is -2.37. The molecule has 1 aromatic carbocycles. The molecule has 0 saturated carbocycles. The maximum Gasteiger partial charge on any atom is 0.342 e. The molecule has 110 valence electrons. The number of carbonyl (C=O) groups is 2. The molecule has 0 unspecified atom stereocenters. The predicted molar refractivity (Wildman–Crippen MR) is 71.4 cm³/mol. The Hall–Kier alpha value is -2.11. The second-order valence-electron chi connectivity index (χ2n) is 4.29. The minimum Gasteiger partial charge on any atom is -0.483 e. The van der Waals surface area contributed by atoms with Crippen molar-refractivity contribution in [3.8, 4) is 5.75 Å². The number of hydrogen-bond acceptors (Lipinski definition) is 3. The van der Waals surface area contributed by atoms with Crippen LogP contribution in [0.4, 0.5) is 4.39 Å². The molecule has 0 saturated heterocycles. The van der Waals surface area contributed by atoms with Gasteiger partial charge in [-0.1, -0.05) is 19.9 Å². The molecule has 1 rings (SSSR count). The van der Waals surface area contributed by atoms with Crippen LogP contribution < -0.4 is 10.1 Å². The largest absolute Gasteiger partial charge is 0.483 e. The highest BCUT2D eigenvalue weighted by molar-refractivity contribution is 5.91. The standard InChI is InChI=1S/C14H18FNO4/c1-3-9(4-2)16-12(17)8-20-11-7-5-6-10(15)13(11)14(18)19/h5-7,9H,3-4,8H2,1-2H3,(H,16,17)(H,18,19). The van der Waals surface area contributed by atoms with Gasteiger partial charge in [-0.25, -0.2) is 9.18 Å². The summed E-state index contributed by atoms with van der Waals surface area (Å²) in [6.45, 7) is 3.55. The van der Waals surface area contributed by atoms with Gasteiger partial charge in [0.15, 0.2) is 6.61 Å². The minimum absolute atomic E-state index is 0.0533. The number of benzene rings is 1. The number of halogens is 1. The van der Waals surface area contributed by atoms with E-state index < -0.39 is 17.3 Å². The van der Waals surface area contributed by atoms with Crippen LogP contribution in [0.25, 0.3) is 0 Å². The summed E-state index contributed by atoms with van der Waals surface area (Å²) < 4.78 is 18.5. The molecule has 0 aromatic heterocycles. The molecule has 6 heteroatoms. The smallest absolute Gasteiger partial charge is 0.342 e. The van der Waals surface area contributed by atoms with E-state index in [4.69, 9.17) is 9.84 Å². The van der Waals surface area contributed by atoms with E-state index in [1.165, 1.54) is 12.1 Å². The summed E-state index contributed by atoms with van der Waals surface area (Å²) in [5.41, 5.74) is -0.567. The van der Waals surface area contributed by atoms with Crippen LogP contribution in [0.3, 0.4) is 0 Å². The molecule has 0 fully saturated rings. The van der Waals surface area contributed by atoms with E-state index in [2.05, 4.69) is 5.32 Å². The monoisotopic (exact) mass is 283 g/mol. The number of carboxylic acids is 1. The lowest BCUT2D eigenvalue weighted by atomic mass is 10.2. The van der Waals surface area contributed by atoms with Gasteiger partial charge in [0, 0.05) is 6.04 Å². The fourth-order valence-corrected chi connectivity index (χ4v) is 1.74. The maximum absolute atomic E-state index is 13.4. The third-order valence-corrected chi connectivity index (χ3v) is 2.90. The Morgan fingerprint density at radius 3 is 2.55 bits per heavy atom. The second-order valence-corrected chi connectivity index (χ2v) is 4.29. The Labute approximate surface area is 116 Å². The van der Waals surface area contributed by atoms with Gasteiger partial charge in [0.1, 0.15) is 17.1 Å². The molecule has 20 heavy (non-hydrogen) atoms. The molecule has 1 amide bonds. The van der Waals surface area contributed by atoms with E-state index in [9.17, 15) is 14.0 Å². The highest BCUT2D eigenvalue weighted by atomic mass is 19.1.